The van der Waals surface area contributed by atoms with Gasteiger partial charge in [0.15, 0.2) is 0 Å². The predicted molar refractivity (Wildman–Crippen MR) is 60.3 cm³/mol. The molecule has 1 N–H and O–H groups in total. The average Bonchev–Trinajstić information content (AvgIpc) is 2.45. The monoisotopic (exact) mass is 207 g/mol. The first-order valence-corrected chi connectivity index (χ1v) is 5.55. The molecule has 1 saturated heterocycles. The van der Waals surface area contributed by atoms with Gasteiger partial charge in [0.2, 0.25) is 0 Å². The van der Waals surface area contributed by atoms with Gasteiger partial charge in [-0.05, 0) is 56.8 Å². The topological polar surface area (TPSA) is 12.0 Å². The van der Waals surface area contributed by atoms with E-state index >= 15 is 0 Å². The van der Waals surface area contributed by atoms with Crippen LogP contribution in [0.3, 0.4) is 0 Å². The van der Waals surface area contributed by atoms with E-state index in [-0.39, 0.29) is 11.4 Å². The predicted octanol–water partition coefficient (Wildman–Crippen LogP) is 2.76. The highest BCUT2D eigenvalue weighted by Gasteiger charge is 2.29. The summed E-state index contributed by atoms with van der Waals surface area (Å²) in [6, 6.07) is 6.94. The molecule has 82 valence electrons. The van der Waals surface area contributed by atoms with E-state index in [1.54, 1.807) is 12.1 Å². The SMILES string of the molecule is CC1(C)CC(Cc2cccc(F)c2)CN1. The molecule has 15 heavy (non-hydrogen) atoms. The molecular weight excluding hydrogens is 189 g/mol. The third-order valence-electron chi connectivity index (χ3n) is 3.08. The van der Waals surface area contributed by atoms with Crippen LogP contribution in [0.2, 0.25) is 0 Å². The second kappa shape index (κ2) is 3.93. The molecule has 1 aliphatic heterocycles. The highest BCUT2D eigenvalue weighted by atomic mass is 19.1. The number of rotatable bonds is 2. The van der Waals surface area contributed by atoms with Crippen LogP contribution < -0.4 is 5.32 Å². The van der Waals surface area contributed by atoms with Crippen molar-refractivity contribution in [2.75, 3.05) is 6.54 Å². The van der Waals surface area contributed by atoms with Crippen molar-refractivity contribution < 1.29 is 4.39 Å². The van der Waals surface area contributed by atoms with Crippen LogP contribution in [-0.2, 0) is 6.42 Å². The highest BCUT2D eigenvalue weighted by molar-refractivity contribution is 5.17. The molecule has 2 rings (SSSR count). The van der Waals surface area contributed by atoms with E-state index in [1.807, 2.05) is 6.07 Å². The number of hydrogen-bond donors (Lipinski definition) is 1. The van der Waals surface area contributed by atoms with Crippen LogP contribution >= 0.6 is 0 Å². The maximum atomic E-state index is 13.0. The Labute approximate surface area is 90.7 Å². The van der Waals surface area contributed by atoms with Gasteiger partial charge in [-0.3, -0.25) is 0 Å². The highest BCUT2D eigenvalue weighted by Crippen LogP contribution is 2.26. The minimum absolute atomic E-state index is 0.127. The summed E-state index contributed by atoms with van der Waals surface area (Å²) in [6.45, 7) is 5.49. The number of hydrogen-bond acceptors (Lipinski definition) is 1. The van der Waals surface area contributed by atoms with E-state index < -0.39 is 0 Å². The second-order valence-corrected chi connectivity index (χ2v) is 5.17. The fourth-order valence-electron chi connectivity index (χ4n) is 2.43. The van der Waals surface area contributed by atoms with Gasteiger partial charge in [0.25, 0.3) is 0 Å². The second-order valence-electron chi connectivity index (χ2n) is 5.17. The van der Waals surface area contributed by atoms with Crippen molar-refractivity contribution in [3.05, 3.63) is 35.6 Å². The molecule has 0 spiro atoms. The average molecular weight is 207 g/mol. The van der Waals surface area contributed by atoms with Crippen LogP contribution in [0.15, 0.2) is 24.3 Å². The van der Waals surface area contributed by atoms with Crippen LogP contribution in [-0.4, -0.2) is 12.1 Å². The molecule has 0 bridgehead atoms. The normalized spacial score (nSPS) is 24.3. The first kappa shape index (κ1) is 10.6. The zero-order valence-electron chi connectivity index (χ0n) is 9.39. The summed E-state index contributed by atoms with van der Waals surface area (Å²) in [7, 11) is 0. The Morgan fingerprint density at radius 3 is 2.87 bits per heavy atom. The Bertz CT molecular complexity index is 346. The lowest BCUT2D eigenvalue weighted by Crippen LogP contribution is -2.31. The molecule has 1 atom stereocenters. The lowest BCUT2D eigenvalue weighted by atomic mass is 9.92. The number of halogens is 1. The molecule has 0 aliphatic carbocycles. The third-order valence-corrected chi connectivity index (χ3v) is 3.08. The van der Waals surface area contributed by atoms with E-state index in [9.17, 15) is 4.39 Å². The van der Waals surface area contributed by atoms with Crippen molar-refractivity contribution >= 4 is 0 Å². The van der Waals surface area contributed by atoms with Gasteiger partial charge in [0, 0.05) is 5.54 Å². The first-order valence-electron chi connectivity index (χ1n) is 5.55. The Hall–Kier alpha value is -0.890. The maximum absolute atomic E-state index is 13.0. The summed E-state index contributed by atoms with van der Waals surface area (Å²) in [4.78, 5) is 0. The van der Waals surface area contributed by atoms with Gasteiger partial charge in [-0.15, -0.1) is 0 Å². The summed E-state index contributed by atoms with van der Waals surface area (Å²) >= 11 is 0. The zero-order chi connectivity index (χ0) is 10.9. The molecule has 2 heteroatoms. The lowest BCUT2D eigenvalue weighted by molar-refractivity contribution is 0.440. The van der Waals surface area contributed by atoms with E-state index in [0.717, 1.165) is 18.5 Å². The van der Waals surface area contributed by atoms with Crippen molar-refractivity contribution in [3.63, 3.8) is 0 Å². The largest absolute Gasteiger partial charge is 0.311 e. The van der Waals surface area contributed by atoms with Gasteiger partial charge in [0.1, 0.15) is 5.82 Å². The fourth-order valence-corrected chi connectivity index (χ4v) is 2.43. The van der Waals surface area contributed by atoms with Gasteiger partial charge in [-0.1, -0.05) is 12.1 Å². The van der Waals surface area contributed by atoms with Crippen LogP contribution in [0.25, 0.3) is 0 Å². The summed E-state index contributed by atoms with van der Waals surface area (Å²) in [6.07, 6.45) is 2.15. The van der Waals surface area contributed by atoms with Crippen molar-refractivity contribution in [1.82, 2.24) is 5.32 Å². The van der Waals surface area contributed by atoms with E-state index in [1.165, 1.54) is 12.5 Å². The zero-order valence-corrected chi connectivity index (χ0v) is 9.39. The minimum atomic E-state index is -0.127. The van der Waals surface area contributed by atoms with Gasteiger partial charge in [0.05, 0.1) is 0 Å². The smallest absolute Gasteiger partial charge is 0.123 e. The van der Waals surface area contributed by atoms with Crippen molar-refractivity contribution in [2.45, 2.75) is 32.2 Å². The molecule has 1 nitrogen and oxygen atoms in total. The molecule has 0 aromatic heterocycles. The van der Waals surface area contributed by atoms with Gasteiger partial charge < -0.3 is 5.32 Å². The summed E-state index contributed by atoms with van der Waals surface area (Å²) in [5.74, 6) is 0.513. The Balaban J connectivity index is 1.99. The van der Waals surface area contributed by atoms with E-state index in [4.69, 9.17) is 0 Å². The van der Waals surface area contributed by atoms with E-state index in [0.29, 0.717) is 5.92 Å². The summed E-state index contributed by atoms with van der Waals surface area (Å²) < 4.78 is 13.0. The molecule has 0 amide bonds. The van der Waals surface area contributed by atoms with Crippen molar-refractivity contribution in [3.8, 4) is 0 Å². The van der Waals surface area contributed by atoms with Gasteiger partial charge >= 0.3 is 0 Å². The fraction of sp³-hybridized carbons (Fsp3) is 0.538. The molecule has 1 unspecified atom stereocenters. The van der Waals surface area contributed by atoms with Crippen LogP contribution in [0.1, 0.15) is 25.8 Å². The maximum Gasteiger partial charge on any atom is 0.123 e. The number of nitrogens with one attached hydrogen (secondary N) is 1. The summed E-state index contributed by atoms with van der Waals surface area (Å²) in [5, 5.41) is 3.49. The molecule has 0 saturated carbocycles. The standard InChI is InChI=1S/C13H18FN/c1-13(2)8-11(9-15-13)6-10-4-3-5-12(14)7-10/h3-5,7,11,15H,6,8-9H2,1-2H3. The Morgan fingerprint density at radius 1 is 1.47 bits per heavy atom. The molecule has 1 aliphatic rings. The molecule has 1 fully saturated rings. The number of benzene rings is 1. The van der Waals surface area contributed by atoms with Gasteiger partial charge in [-0.2, -0.15) is 0 Å². The molecule has 0 radical (unpaired) electrons. The van der Waals surface area contributed by atoms with E-state index in [2.05, 4.69) is 19.2 Å². The molecule has 1 heterocycles. The van der Waals surface area contributed by atoms with Crippen LogP contribution in [0.4, 0.5) is 4.39 Å². The quantitative estimate of drug-likeness (QED) is 0.786. The Kier molecular flexibility index (Phi) is 2.79. The molecule has 1 aromatic carbocycles. The van der Waals surface area contributed by atoms with Crippen LogP contribution in [0, 0.1) is 11.7 Å². The van der Waals surface area contributed by atoms with Gasteiger partial charge in [-0.25, -0.2) is 4.39 Å². The van der Waals surface area contributed by atoms with Crippen LogP contribution in [0.5, 0.6) is 0 Å². The van der Waals surface area contributed by atoms with Crippen molar-refractivity contribution in [2.24, 2.45) is 5.92 Å². The first-order chi connectivity index (χ1) is 7.05. The molecular formula is C13H18FN. The van der Waals surface area contributed by atoms with Crippen molar-refractivity contribution in [1.29, 1.82) is 0 Å². The Morgan fingerprint density at radius 2 is 2.27 bits per heavy atom. The summed E-state index contributed by atoms with van der Waals surface area (Å²) in [5.41, 5.74) is 1.36. The minimum Gasteiger partial charge on any atom is -0.311 e. The molecule has 1 aromatic rings. The third kappa shape index (κ3) is 2.78. The lowest BCUT2D eigenvalue weighted by Gasteiger charge is -2.17.